The molecule has 0 radical (unpaired) electrons. The summed E-state index contributed by atoms with van der Waals surface area (Å²) in [4.78, 5) is 12.2. The van der Waals surface area contributed by atoms with Gasteiger partial charge in [0.15, 0.2) is 11.0 Å². The maximum absolute atomic E-state index is 12.2. The lowest BCUT2D eigenvalue weighted by molar-refractivity contribution is -0.118. The molecule has 28 heavy (non-hydrogen) atoms. The fourth-order valence-corrected chi connectivity index (χ4v) is 3.60. The summed E-state index contributed by atoms with van der Waals surface area (Å²) in [5, 5.41) is 13.4. The first-order valence-corrected chi connectivity index (χ1v) is 10.6. The summed E-state index contributed by atoms with van der Waals surface area (Å²) in [7, 11) is 0. The van der Waals surface area contributed by atoms with Crippen molar-refractivity contribution in [3.8, 4) is 11.4 Å². The zero-order chi connectivity index (χ0) is 19.9. The Bertz CT molecular complexity index is 970. The molecule has 1 N–H and O–H groups in total. The van der Waals surface area contributed by atoms with E-state index in [1.54, 1.807) is 0 Å². The predicted octanol–water partition coefficient (Wildman–Crippen LogP) is 4.36. The second kappa shape index (κ2) is 9.66. The Morgan fingerprint density at radius 3 is 2.54 bits per heavy atom. The van der Waals surface area contributed by atoms with Crippen molar-refractivity contribution in [1.82, 2.24) is 20.2 Å². The summed E-state index contributed by atoms with van der Waals surface area (Å²) in [6.45, 7) is 4.62. The minimum Gasteiger partial charge on any atom is -0.302 e. The van der Waals surface area contributed by atoms with Crippen LogP contribution in [0, 0.1) is 0 Å². The molecule has 0 saturated carbocycles. The molecule has 0 spiro atoms. The van der Waals surface area contributed by atoms with E-state index in [0.29, 0.717) is 5.16 Å². The first-order valence-electron chi connectivity index (χ1n) is 8.79. The van der Waals surface area contributed by atoms with Gasteiger partial charge in [-0.3, -0.25) is 4.79 Å². The van der Waals surface area contributed by atoms with Crippen molar-refractivity contribution in [3.63, 3.8) is 0 Å². The van der Waals surface area contributed by atoms with Crippen molar-refractivity contribution in [3.05, 3.63) is 64.6 Å². The Balaban J connectivity index is 1.61. The van der Waals surface area contributed by atoms with E-state index in [0.717, 1.165) is 33.7 Å². The summed E-state index contributed by atoms with van der Waals surface area (Å²) in [5.41, 5.74) is 5.30. The smallest absolute Gasteiger partial charge is 0.250 e. The SMILES string of the molecule is CCn1c(SCC(=O)N/N=C(\C)c2ccc(Br)cc2)nnc1-c1ccccc1. The Labute approximate surface area is 176 Å². The van der Waals surface area contributed by atoms with E-state index >= 15 is 0 Å². The molecular weight excluding hydrogens is 438 g/mol. The van der Waals surface area contributed by atoms with Crippen LogP contribution in [0.25, 0.3) is 11.4 Å². The van der Waals surface area contributed by atoms with Crippen LogP contribution in [0.3, 0.4) is 0 Å². The Kier molecular flexibility index (Phi) is 7.00. The second-order valence-electron chi connectivity index (χ2n) is 5.94. The minimum absolute atomic E-state index is 0.187. The summed E-state index contributed by atoms with van der Waals surface area (Å²) in [5.74, 6) is 0.827. The molecule has 0 saturated heterocycles. The van der Waals surface area contributed by atoms with Gasteiger partial charge in [0.25, 0.3) is 5.91 Å². The summed E-state index contributed by atoms with van der Waals surface area (Å²) in [6.07, 6.45) is 0. The topological polar surface area (TPSA) is 72.2 Å². The van der Waals surface area contributed by atoms with Crippen molar-refractivity contribution in [2.24, 2.45) is 5.10 Å². The highest BCUT2D eigenvalue weighted by Crippen LogP contribution is 2.23. The van der Waals surface area contributed by atoms with Crippen molar-refractivity contribution in [1.29, 1.82) is 0 Å². The van der Waals surface area contributed by atoms with Gasteiger partial charge >= 0.3 is 0 Å². The van der Waals surface area contributed by atoms with Crippen LogP contribution < -0.4 is 5.43 Å². The lowest BCUT2D eigenvalue weighted by Crippen LogP contribution is -2.21. The number of hydrogen-bond acceptors (Lipinski definition) is 5. The zero-order valence-corrected chi connectivity index (χ0v) is 18.0. The molecule has 144 valence electrons. The monoisotopic (exact) mass is 457 g/mol. The highest BCUT2D eigenvalue weighted by Gasteiger charge is 2.14. The molecular formula is C20H20BrN5OS. The van der Waals surface area contributed by atoms with Crippen LogP contribution in [-0.2, 0) is 11.3 Å². The molecule has 3 rings (SSSR count). The van der Waals surface area contributed by atoms with Crippen LogP contribution >= 0.6 is 27.7 Å². The van der Waals surface area contributed by atoms with Crippen molar-refractivity contribution in [2.75, 3.05) is 5.75 Å². The molecule has 0 atom stereocenters. The Hall–Kier alpha value is -2.45. The number of carbonyl (C=O) groups excluding carboxylic acids is 1. The van der Waals surface area contributed by atoms with E-state index in [2.05, 4.69) is 36.7 Å². The predicted molar refractivity (Wildman–Crippen MR) is 116 cm³/mol. The van der Waals surface area contributed by atoms with Gasteiger partial charge in [0.2, 0.25) is 0 Å². The first kappa shape index (κ1) is 20.3. The molecule has 8 heteroatoms. The quantitative estimate of drug-likeness (QED) is 0.325. The molecule has 3 aromatic rings. The zero-order valence-electron chi connectivity index (χ0n) is 15.6. The van der Waals surface area contributed by atoms with E-state index in [1.807, 2.05) is 73.0 Å². The molecule has 1 aromatic heterocycles. The number of halogens is 1. The van der Waals surface area contributed by atoms with Crippen LogP contribution in [0.15, 0.2) is 69.3 Å². The third kappa shape index (κ3) is 5.08. The number of amides is 1. The molecule has 6 nitrogen and oxygen atoms in total. The molecule has 1 amide bonds. The van der Waals surface area contributed by atoms with Gasteiger partial charge in [-0.1, -0.05) is 70.2 Å². The van der Waals surface area contributed by atoms with Crippen LogP contribution in [0.5, 0.6) is 0 Å². The van der Waals surface area contributed by atoms with Crippen LogP contribution in [0.1, 0.15) is 19.4 Å². The summed E-state index contributed by atoms with van der Waals surface area (Å²) < 4.78 is 3.00. The van der Waals surface area contributed by atoms with Gasteiger partial charge in [-0.15, -0.1) is 10.2 Å². The fraction of sp³-hybridized carbons (Fsp3) is 0.200. The average molecular weight is 458 g/mol. The molecule has 0 fully saturated rings. The molecule has 1 heterocycles. The van der Waals surface area contributed by atoms with Gasteiger partial charge < -0.3 is 4.57 Å². The maximum atomic E-state index is 12.2. The highest BCUT2D eigenvalue weighted by atomic mass is 79.9. The lowest BCUT2D eigenvalue weighted by Gasteiger charge is -2.07. The van der Waals surface area contributed by atoms with Crippen LogP contribution in [0.2, 0.25) is 0 Å². The van der Waals surface area contributed by atoms with E-state index < -0.39 is 0 Å². The second-order valence-corrected chi connectivity index (χ2v) is 7.80. The number of nitrogens with zero attached hydrogens (tertiary/aromatic N) is 4. The van der Waals surface area contributed by atoms with Crippen molar-refractivity contribution >= 4 is 39.3 Å². The number of thioether (sulfide) groups is 1. The van der Waals surface area contributed by atoms with E-state index in [9.17, 15) is 4.79 Å². The van der Waals surface area contributed by atoms with E-state index in [1.165, 1.54) is 11.8 Å². The van der Waals surface area contributed by atoms with E-state index in [4.69, 9.17) is 0 Å². The molecule has 0 aliphatic rings. The van der Waals surface area contributed by atoms with E-state index in [-0.39, 0.29) is 11.7 Å². The minimum atomic E-state index is -0.187. The lowest BCUT2D eigenvalue weighted by atomic mass is 10.1. The third-order valence-corrected chi connectivity index (χ3v) is 5.50. The maximum Gasteiger partial charge on any atom is 0.250 e. The molecule has 0 aliphatic carbocycles. The van der Waals surface area contributed by atoms with Gasteiger partial charge in [0.05, 0.1) is 11.5 Å². The first-order chi connectivity index (χ1) is 13.6. The van der Waals surface area contributed by atoms with Crippen LogP contribution in [-0.4, -0.2) is 32.1 Å². The Morgan fingerprint density at radius 1 is 1.14 bits per heavy atom. The largest absolute Gasteiger partial charge is 0.302 e. The number of aromatic nitrogens is 3. The van der Waals surface area contributed by atoms with Crippen LogP contribution in [0.4, 0.5) is 0 Å². The van der Waals surface area contributed by atoms with Gasteiger partial charge in [-0.25, -0.2) is 5.43 Å². The summed E-state index contributed by atoms with van der Waals surface area (Å²) in [6, 6.07) is 17.7. The number of hydrazone groups is 1. The number of benzene rings is 2. The van der Waals surface area contributed by atoms with Gasteiger partial charge in [-0.05, 0) is 31.5 Å². The Morgan fingerprint density at radius 2 is 1.86 bits per heavy atom. The highest BCUT2D eigenvalue weighted by molar-refractivity contribution is 9.10. The van der Waals surface area contributed by atoms with Gasteiger partial charge in [0.1, 0.15) is 0 Å². The summed E-state index contributed by atoms with van der Waals surface area (Å²) >= 11 is 4.75. The van der Waals surface area contributed by atoms with Crippen molar-refractivity contribution in [2.45, 2.75) is 25.5 Å². The third-order valence-electron chi connectivity index (χ3n) is 4.01. The normalized spacial score (nSPS) is 11.5. The molecule has 2 aromatic carbocycles. The molecule has 0 aliphatic heterocycles. The molecule has 0 unspecified atom stereocenters. The number of hydrogen-bond donors (Lipinski definition) is 1. The standard InChI is InChI=1S/C20H20BrN5OS/c1-3-26-19(16-7-5-4-6-8-16)24-25-20(26)28-13-18(27)23-22-14(2)15-9-11-17(21)12-10-15/h4-12H,3,13H2,1-2H3,(H,23,27)/b22-14+. The number of rotatable bonds is 7. The fourth-order valence-electron chi connectivity index (χ4n) is 2.55. The average Bonchev–Trinajstić information content (AvgIpc) is 3.14. The number of carbonyl (C=O) groups is 1. The van der Waals surface area contributed by atoms with Gasteiger partial charge in [0, 0.05) is 16.6 Å². The number of nitrogens with one attached hydrogen (secondary N) is 1. The van der Waals surface area contributed by atoms with Gasteiger partial charge in [-0.2, -0.15) is 5.10 Å². The van der Waals surface area contributed by atoms with Crippen molar-refractivity contribution < 1.29 is 4.79 Å². The molecule has 0 bridgehead atoms.